The van der Waals surface area contributed by atoms with Gasteiger partial charge in [0.05, 0.1) is 13.7 Å². The van der Waals surface area contributed by atoms with E-state index in [-0.39, 0.29) is 25.1 Å². The maximum atomic E-state index is 12.0. The summed E-state index contributed by atoms with van der Waals surface area (Å²) in [5.41, 5.74) is 3.18. The van der Waals surface area contributed by atoms with E-state index in [2.05, 4.69) is 17.4 Å². The van der Waals surface area contributed by atoms with Crippen LogP contribution < -0.4 is 10.1 Å². The molecule has 1 aliphatic carbocycles. The summed E-state index contributed by atoms with van der Waals surface area (Å²) in [4.78, 5) is 0. The van der Waals surface area contributed by atoms with Crippen molar-refractivity contribution in [1.29, 1.82) is 0 Å². The number of fused-ring (bicyclic) bond motifs is 1. The number of rotatable bonds is 8. The quantitative estimate of drug-likeness (QED) is 0.477. The number of halogens is 1. The molecule has 0 fully saturated rings. The van der Waals surface area contributed by atoms with E-state index in [1.165, 1.54) is 11.1 Å². The lowest BCUT2D eigenvalue weighted by Gasteiger charge is -2.38. The number of benzene rings is 3. The van der Waals surface area contributed by atoms with E-state index < -0.39 is 11.5 Å². The predicted octanol–water partition coefficient (Wildman–Crippen LogP) is 4.23. The van der Waals surface area contributed by atoms with Crippen molar-refractivity contribution in [3.05, 3.63) is 101 Å². The van der Waals surface area contributed by atoms with Crippen LogP contribution in [-0.2, 0) is 18.4 Å². The highest BCUT2D eigenvalue weighted by atomic mass is 35.5. The van der Waals surface area contributed by atoms with Crippen molar-refractivity contribution in [2.24, 2.45) is 0 Å². The molecule has 3 aromatic carbocycles. The van der Waals surface area contributed by atoms with Crippen molar-refractivity contribution in [2.45, 2.75) is 36.8 Å². The van der Waals surface area contributed by atoms with Crippen LogP contribution in [0.5, 0.6) is 5.75 Å². The van der Waals surface area contributed by atoms with Gasteiger partial charge in [-0.05, 0) is 53.6 Å². The van der Waals surface area contributed by atoms with E-state index in [1.807, 2.05) is 66.7 Å². The molecule has 4 rings (SSSR count). The molecule has 0 radical (unpaired) electrons. The number of aliphatic hydroxyl groups excluding tert-OH is 1. The summed E-state index contributed by atoms with van der Waals surface area (Å²) in [6.45, 7) is 0.225. The van der Waals surface area contributed by atoms with E-state index in [4.69, 9.17) is 4.74 Å². The van der Waals surface area contributed by atoms with E-state index in [9.17, 15) is 10.2 Å². The molecular formula is C27H32ClNO3. The second-order valence-electron chi connectivity index (χ2n) is 8.39. The van der Waals surface area contributed by atoms with Crippen LogP contribution in [0.1, 0.15) is 34.6 Å². The minimum Gasteiger partial charge on any atom is -0.497 e. The zero-order chi connectivity index (χ0) is 21.7. The van der Waals surface area contributed by atoms with Gasteiger partial charge in [-0.3, -0.25) is 0 Å². The Balaban J connectivity index is 0.00000289. The highest BCUT2D eigenvalue weighted by Gasteiger charge is 2.39. The molecule has 0 heterocycles. The van der Waals surface area contributed by atoms with Crippen molar-refractivity contribution >= 4 is 12.4 Å². The number of methoxy groups -OCH3 is 1. The number of nitrogens with one attached hydrogen (secondary N) is 1. The molecule has 0 amide bonds. The third kappa shape index (κ3) is 5.16. The molecule has 3 atom stereocenters. The van der Waals surface area contributed by atoms with Gasteiger partial charge in [-0.2, -0.15) is 0 Å². The molecule has 2 unspecified atom stereocenters. The molecule has 1 aliphatic rings. The highest BCUT2D eigenvalue weighted by molar-refractivity contribution is 5.85. The van der Waals surface area contributed by atoms with Crippen molar-refractivity contribution in [2.75, 3.05) is 20.3 Å². The van der Waals surface area contributed by atoms with E-state index in [1.54, 1.807) is 7.11 Å². The Labute approximate surface area is 196 Å². The number of aliphatic hydroxyl groups is 2. The van der Waals surface area contributed by atoms with Gasteiger partial charge < -0.3 is 20.3 Å². The van der Waals surface area contributed by atoms with Gasteiger partial charge in [0.2, 0.25) is 0 Å². The van der Waals surface area contributed by atoms with Crippen molar-refractivity contribution in [3.63, 3.8) is 0 Å². The molecule has 0 saturated carbocycles. The second-order valence-corrected chi connectivity index (χ2v) is 8.39. The summed E-state index contributed by atoms with van der Waals surface area (Å²) in [5.74, 6) is 0.448. The Morgan fingerprint density at radius 2 is 1.69 bits per heavy atom. The third-order valence-corrected chi connectivity index (χ3v) is 6.54. The van der Waals surface area contributed by atoms with Gasteiger partial charge in [0, 0.05) is 18.5 Å². The third-order valence-electron chi connectivity index (χ3n) is 6.54. The van der Waals surface area contributed by atoms with Gasteiger partial charge in [0.15, 0.2) is 0 Å². The Morgan fingerprint density at radius 1 is 1.00 bits per heavy atom. The fraction of sp³-hybridized carbons (Fsp3) is 0.333. The fourth-order valence-electron chi connectivity index (χ4n) is 4.71. The number of hydrogen-bond acceptors (Lipinski definition) is 4. The number of aryl methyl sites for hydroxylation is 1. The first-order chi connectivity index (χ1) is 15.1. The first-order valence-corrected chi connectivity index (χ1v) is 11.0. The highest BCUT2D eigenvalue weighted by Crippen LogP contribution is 2.37. The van der Waals surface area contributed by atoms with Crippen LogP contribution in [0.25, 0.3) is 0 Å². The first kappa shape index (κ1) is 24.3. The van der Waals surface area contributed by atoms with E-state index in [0.29, 0.717) is 6.54 Å². The topological polar surface area (TPSA) is 61.7 Å². The SMILES string of the molecule is COc1ccc2c(c1)CC(NC[C@@](O)(c1ccccc1)C(CO)c1ccccc1)CC2.Cl. The minimum atomic E-state index is -1.23. The summed E-state index contributed by atoms with van der Waals surface area (Å²) in [6.07, 6.45) is 2.91. The molecule has 3 aromatic rings. The molecule has 0 bridgehead atoms. The monoisotopic (exact) mass is 453 g/mol. The number of ether oxygens (including phenoxy) is 1. The minimum absolute atomic E-state index is 0. The zero-order valence-corrected chi connectivity index (χ0v) is 19.2. The first-order valence-electron chi connectivity index (χ1n) is 11.0. The molecule has 32 heavy (non-hydrogen) atoms. The molecule has 0 aromatic heterocycles. The average molecular weight is 454 g/mol. The molecule has 3 N–H and O–H groups in total. The van der Waals surface area contributed by atoms with Gasteiger partial charge in [-0.1, -0.05) is 66.7 Å². The van der Waals surface area contributed by atoms with Crippen LogP contribution in [0.15, 0.2) is 78.9 Å². The summed E-state index contributed by atoms with van der Waals surface area (Å²) < 4.78 is 5.39. The fourth-order valence-corrected chi connectivity index (χ4v) is 4.71. The van der Waals surface area contributed by atoms with Crippen LogP contribution in [-0.4, -0.2) is 36.5 Å². The van der Waals surface area contributed by atoms with Crippen LogP contribution in [0.4, 0.5) is 0 Å². The molecule has 4 nitrogen and oxygen atoms in total. The largest absolute Gasteiger partial charge is 0.497 e. The van der Waals surface area contributed by atoms with Crippen LogP contribution in [0, 0.1) is 0 Å². The lowest BCUT2D eigenvalue weighted by Crippen LogP contribution is -2.48. The molecular weight excluding hydrogens is 422 g/mol. The molecule has 0 spiro atoms. The van der Waals surface area contributed by atoms with Crippen molar-refractivity contribution < 1.29 is 14.9 Å². The normalized spacial score (nSPS) is 18.0. The van der Waals surface area contributed by atoms with Gasteiger partial charge in [-0.15, -0.1) is 12.4 Å². The van der Waals surface area contributed by atoms with Crippen LogP contribution in [0.2, 0.25) is 0 Å². The van der Waals surface area contributed by atoms with E-state index in [0.717, 1.165) is 36.1 Å². The zero-order valence-electron chi connectivity index (χ0n) is 18.4. The Bertz CT molecular complexity index is 983. The summed E-state index contributed by atoms with van der Waals surface area (Å²) in [6, 6.07) is 26.0. The number of hydrogen-bond donors (Lipinski definition) is 3. The van der Waals surface area contributed by atoms with Gasteiger partial charge in [-0.25, -0.2) is 0 Å². The lowest BCUT2D eigenvalue weighted by molar-refractivity contribution is -0.0132. The smallest absolute Gasteiger partial charge is 0.119 e. The lowest BCUT2D eigenvalue weighted by atomic mass is 9.77. The molecule has 0 saturated heterocycles. The van der Waals surface area contributed by atoms with Gasteiger partial charge >= 0.3 is 0 Å². The summed E-state index contributed by atoms with van der Waals surface area (Å²) in [5, 5.41) is 25.9. The van der Waals surface area contributed by atoms with Crippen LogP contribution >= 0.6 is 12.4 Å². The van der Waals surface area contributed by atoms with Crippen molar-refractivity contribution in [1.82, 2.24) is 5.32 Å². The Hall–Kier alpha value is -2.37. The van der Waals surface area contributed by atoms with E-state index >= 15 is 0 Å². The predicted molar refractivity (Wildman–Crippen MR) is 131 cm³/mol. The van der Waals surface area contributed by atoms with Crippen molar-refractivity contribution in [3.8, 4) is 5.75 Å². The van der Waals surface area contributed by atoms with Gasteiger partial charge in [0.25, 0.3) is 0 Å². The summed E-state index contributed by atoms with van der Waals surface area (Å²) in [7, 11) is 1.69. The molecule has 170 valence electrons. The standard InChI is InChI=1S/C27H31NO3.ClH/c1-31-25-15-13-20-12-14-24(16-22(20)17-25)28-19-27(30,23-10-6-3-7-11-23)26(18-29)21-8-4-2-5-9-21;/h2-11,13,15,17,24,26,28-30H,12,14,16,18-19H2,1H3;1H/t24?,26?,27-;/m1./s1. The molecule has 5 heteroatoms. The maximum absolute atomic E-state index is 12.0. The Morgan fingerprint density at radius 3 is 2.34 bits per heavy atom. The average Bonchev–Trinajstić information content (AvgIpc) is 2.84. The second kappa shape index (κ2) is 11.0. The molecule has 0 aliphatic heterocycles. The maximum Gasteiger partial charge on any atom is 0.119 e. The summed E-state index contributed by atoms with van der Waals surface area (Å²) >= 11 is 0. The van der Waals surface area contributed by atoms with Gasteiger partial charge in [0.1, 0.15) is 11.4 Å². The van der Waals surface area contributed by atoms with Crippen LogP contribution in [0.3, 0.4) is 0 Å². The Kier molecular flexibility index (Phi) is 8.32.